The van der Waals surface area contributed by atoms with Crippen molar-refractivity contribution in [1.82, 2.24) is 4.98 Å². The van der Waals surface area contributed by atoms with Crippen LogP contribution in [0.1, 0.15) is 37.7 Å². The van der Waals surface area contributed by atoms with Gasteiger partial charge in [0.05, 0.1) is 0 Å². The standard InChI is InChI=1S/C14H21N3O/c1-10-9-16-7-6-13(10)17-14(18)8-11-4-2-3-5-12(11)15/h6-7,9,11-12H,2-5,8,15H2,1H3,(H,16,17,18). The molecule has 3 N–H and O–H groups in total. The third-order valence-corrected chi connectivity index (χ3v) is 3.71. The molecule has 0 bridgehead atoms. The molecule has 4 heteroatoms. The Morgan fingerprint density at radius 2 is 2.28 bits per heavy atom. The molecule has 0 radical (unpaired) electrons. The topological polar surface area (TPSA) is 68.0 Å². The Balaban J connectivity index is 1.90. The molecule has 2 unspecified atom stereocenters. The zero-order valence-corrected chi connectivity index (χ0v) is 10.9. The molecule has 2 rings (SSSR count). The van der Waals surface area contributed by atoms with Crippen LogP contribution in [0, 0.1) is 12.8 Å². The highest BCUT2D eigenvalue weighted by molar-refractivity contribution is 5.91. The zero-order chi connectivity index (χ0) is 13.0. The van der Waals surface area contributed by atoms with Crippen LogP contribution in [0.3, 0.4) is 0 Å². The van der Waals surface area contributed by atoms with Gasteiger partial charge >= 0.3 is 0 Å². The number of carbonyl (C=O) groups is 1. The van der Waals surface area contributed by atoms with Gasteiger partial charge in [0.2, 0.25) is 5.91 Å². The fourth-order valence-corrected chi connectivity index (χ4v) is 2.54. The van der Waals surface area contributed by atoms with Crippen molar-refractivity contribution in [2.45, 2.75) is 45.1 Å². The van der Waals surface area contributed by atoms with Crippen LogP contribution in [0.5, 0.6) is 0 Å². The van der Waals surface area contributed by atoms with Gasteiger partial charge < -0.3 is 11.1 Å². The van der Waals surface area contributed by atoms with E-state index < -0.39 is 0 Å². The summed E-state index contributed by atoms with van der Waals surface area (Å²) in [5, 5.41) is 2.94. The normalized spacial score (nSPS) is 23.7. The lowest BCUT2D eigenvalue weighted by Crippen LogP contribution is -2.35. The molecule has 2 atom stereocenters. The molecule has 1 aromatic heterocycles. The van der Waals surface area contributed by atoms with E-state index in [4.69, 9.17) is 5.73 Å². The summed E-state index contributed by atoms with van der Waals surface area (Å²) >= 11 is 0. The molecule has 0 saturated heterocycles. The third kappa shape index (κ3) is 3.29. The lowest BCUT2D eigenvalue weighted by atomic mass is 9.83. The van der Waals surface area contributed by atoms with Crippen LogP contribution in [0.25, 0.3) is 0 Å². The van der Waals surface area contributed by atoms with E-state index in [1.54, 1.807) is 12.4 Å². The van der Waals surface area contributed by atoms with Gasteiger partial charge in [0.1, 0.15) is 0 Å². The molecule has 4 nitrogen and oxygen atoms in total. The highest BCUT2D eigenvalue weighted by Gasteiger charge is 2.24. The first-order valence-corrected chi connectivity index (χ1v) is 6.63. The SMILES string of the molecule is Cc1cnccc1NC(=O)CC1CCCCC1N. The number of carbonyl (C=O) groups excluding carboxylic acids is 1. The average Bonchev–Trinajstić information content (AvgIpc) is 2.35. The number of nitrogens with zero attached hydrogens (tertiary/aromatic N) is 1. The monoisotopic (exact) mass is 247 g/mol. The van der Waals surface area contributed by atoms with E-state index in [1.165, 1.54) is 12.8 Å². The highest BCUT2D eigenvalue weighted by Crippen LogP contribution is 2.26. The maximum Gasteiger partial charge on any atom is 0.224 e. The molecule has 0 aliphatic heterocycles. The molecular weight excluding hydrogens is 226 g/mol. The average molecular weight is 247 g/mol. The van der Waals surface area contributed by atoms with E-state index in [1.807, 2.05) is 13.0 Å². The van der Waals surface area contributed by atoms with E-state index in [2.05, 4.69) is 10.3 Å². The Morgan fingerprint density at radius 1 is 1.50 bits per heavy atom. The van der Waals surface area contributed by atoms with Gasteiger partial charge in [-0.1, -0.05) is 12.8 Å². The fraction of sp³-hybridized carbons (Fsp3) is 0.571. The summed E-state index contributed by atoms with van der Waals surface area (Å²) in [6.45, 7) is 1.94. The second kappa shape index (κ2) is 5.96. The van der Waals surface area contributed by atoms with Crippen molar-refractivity contribution in [2.75, 3.05) is 5.32 Å². The largest absolute Gasteiger partial charge is 0.327 e. The summed E-state index contributed by atoms with van der Waals surface area (Å²) < 4.78 is 0. The van der Waals surface area contributed by atoms with Crippen LogP contribution in [0.15, 0.2) is 18.5 Å². The van der Waals surface area contributed by atoms with E-state index in [9.17, 15) is 4.79 Å². The number of aromatic nitrogens is 1. The van der Waals surface area contributed by atoms with E-state index in [-0.39, 0.29) is 11.9 Å². The number of nitrogens with two attached hydrogens (primary N) is 1. The molecule has 18 heavy (non-hydrogen) atoms. The molecule has 1 aliphatic carbocycles. The van der Waals surface area contributed by atoms with E-state index in [0.29, 0.717) is 12.3 Å². The van der Waals surface area contributed by atoms with Gasteiger partial charge in [0.25, 0.3) is 0 Å². The number of pyridine rings is 1. The van der Waals surface area contributed by atoms with Crippen LogP contribution in [-0.4, -0.2) is 16.9 Å². The van der Waals surface area contributed by atoms with Gasteiger partial charge in [0, 0.05) is 30.5 Å². The van der Waals surface area contributed by atoms with E-state index >= 15 is 0 Å². The Bertz CT molecular complexity index is 419. The predicted molar refractivity (Wildman–Crippen MR) is 72.2 cm³/mol. The number of hydrogen-bond donors (Lipinski definition) is 2. The maximum absolute atomic E-state index is 12.0. The van der Waals surface area contributed by atoms with Crippen molar-refractivity contribution in [1.29, 1.82) is 0 Å². The van der Waals surface area contributed by atoms with Crippen LogP contribution < -0.4 is 11.1 Å². The predicted octanol–water partition coefficient (Wildman–Crippen LogP) is 2.24. The minimum absolute atomic E-state index is 0.0617. The zero-order valence-electron chi connectivity index (χ0n) is 10.9. The van der Waals surface area contributed by atoms with Gasteiger partial charge in [0.15, 0.2) is 0 Å². The molecule has 1 fully saturated rings. The van der Waals surface area contributed by atoms with E-state index in [0.717, 1.165) is 24.1 Å². The number of hydrogen-bond acceptors (Lipinski definition) is 3. The van der Waals surface area contributed by atoms with Crippen molar-refractivity contribution in [2.24, 2.45) is 11.7 Å². The first-order chi connectivity index (χ1) is 8.66. The molecule has 1 heterocycles. The van der Waals surface area contributed by atoms with Crippen LogP contribution >= 0.6 is 0 Å². The Hall–Kier alpha value is -1.42. The van der Waals surface area contributed by atoms with Crippen molar-refractivity contribution >= 4 is 11.6 Å². The summed E-state index contributed by atoms with van der Waals surface area (Å²) in [7, 11) is 0. The molecule has 1 amide bonds. The van der Waals surface area contributed by atoms with Crippen LogP contribution in [0.2, 0.25) is 0 Å². The van der Waals surface area contributed by atoms with Crippen molar-refractivity contribution in [3.63, 3.8) is 0 Å². The number of rotatable bonds is 3. The molecule has 0 spiro atoms. The Morgan fingerprint density at radius 3 is 3.00 bits per heavy atom. The highest BCUT2D eigenvalue weighted by atomic mass is 16.1. The van der Waals surface area contributed by atoms with Gasteiger partial charge in [-0.2, -0.15) is 0 Å². The number of anilines is 1. The summed E-state index contributed by atoms with van der Waals surface area (Å²) in [6.07, 6.45) is 8.48. The molecule has 1 saturated carbocycles. The maximum atomic E-state index is 12.0. The molecule has 0 aromatic carbocycles. The minimum atomic E-state index is 0.0617. The smallest absolute Gasteiger partial charge is 0.224 e. The second-order valence-corrected chi connectivity index (χ2v) is 5.15. The number of aryl methyl sites for hydroxylation is 1. The van der Waals surface area contributed by atoms with Crippen LogP contribution in [-0.2, 0) is 4.79 Å². The lowest BCUT2D eigenvalue weighted by molar-refractivity contribution is -0.117. The summed E-state index contributed by atoms with van der Waals surface area (Å²) in [5.74, 6) is 0.396. The Kier molecular flexibility index (Phi) is 4.31. The molecular formula is C14H21N3O. The first kappa shape index (κ1) is 13.0. The number of amides is 1. The molecule has 98 valence electrons. The summed E-state index contributed by atoms with van der Waals surface area (Å²) in [5.41, 5.74) is 7.89. The Labute approximate surface area is 108 Å². The van der Waals surface area contributed by atoms with Gasteiger partial charge in [-0.05, 0) is 37.3 Å². The van der Waals surface area contributed by atoms with Crippen LogP contribution in [0.4, 0.5) is 5.69 Å². The summed E-state index contributed by atoms with van der Waals surface area (Å²) in [6, 6.07) is 2.01. The molecule has 1 aliphatic rings. The first-order valence-electron chi connectivity index (χ1n) is 6.63. The number of nitrogens with one attached hydrogen (secondary N) is 1. The van der Waals surface area contributed by atoms with Gasteiger partial charge in [-0.25, -0.2) is 0 Å². The minimum Gasteiger partial charge on any atom is -0.327 e. The van der Waals surface area contributed by atoms with Gasteiger partial charge in [-0.15, -0.1) is 0 Å². The fourth-order valence-electron chi connectivity index (χ4n) is 2.54. The molecule has 1 aromatic rings. The van der Waals surface area contributed by atoms with Gasteiger partial charge in [-0.3, -0.25) is 9.78 Å². The quantitative estimate of drug-likeness (QED) is 0.860. The third-order valence-electron chi connectivity index (χ3n) is 3.71. The second-order valence-electron chi connectivity index (χ2n) is 5.15. The van der Waals surface area contributed by atoms with Crippen molar-refractivity contribution in [3.05, 3.63) is 24.0 Å². The van der Waals surface area contributed by atoms with Crippen molar-refractivity contribution < 1.29 is 4.79 Å². The summed E-state index contributed by atoms with van der Waals surface area (Å²) in [4.78, 5) is 16.0. The van der Waals surface area contributed by atoms with Crippen molar-refractivity contribution in [3.8, 4) is 0 Å². The lowest BCUT2D eigenvalue weighted by Gasteiger charge is -2.28.